The number of hydrogen-bond acceptors (Lipinski definition) is 0. The summed E-state index contributed by atoms with van der Waals surface area (Å²) in [6.45, 7) is 13.7. The van der Waals surface area contributed by atoms with Gasteiger partial charge in [-0.3, -0.25) is 0 Å². The van der Waals surface area contributed by atoms with Gasteiger partial charge in [-0.1, -0.05) is 57.4 Å². The van der Waals surface area contributed by atoms with Crippen LogP contribution in [0, 0.1) is 35.5 Å². The minimum absolute atomic E-state index is 0.662. The third kappa shape index (κ3) is 3.22. The van der Waals surface area contributed by atoms with Crippen LogP contribution >= 0.6 is 0 Å². The largest absolute Gasteiger partial charge is 0.0992 e. The van der Waals surface area contributed by atoms with Crippen molar-refractivity contribution in [3.8, 4) is 0 Å². The summed E-state index contributed by atoms with van der Waals surface area (Å²) >= 11 is 0. The van der Waals surface area contributed by atoms with Gasteiger partial charge in [0.2, 0.25) is 0 Å². The van der Waals surface area contributed by atoms with Crippen LogP contribution in [0.1, 0.15) is 78.1 Å². The molecule has 0 aromatic rings. The first-order valence-electron chi connectivity index (χ1n) is 9.95. The first-order chi connectivity index (χ1) is 10.6. The van der Waals surface area contributed by atoms with E-state index < -0.39 is 0 Å². The summed E-state index contributed by atoms with van der Waals surface area (Å²) in [6.07, 6.45) is 14.2. The average Bonchev–Trinajstić information content (AvgIpc) is 2.86. The van der Waals surface area contributed by atoms with Gasteiger partial charge in [-0.15, -0.1) is 0 Å². The molecular weight excluding hydrogens is 264 g/mol. The van der Waals surface area contributed by atoms with E-state index in [1.807, 2.05) is 0 Å². The van der Waals surface area contributed by atoms with Crippen LogP contribution in [0.4, 0.5) is 0 Å². The van der Waals surface area contributed by atoms with Gasteiger partial charge < -0.3 is 0 Å². The Kier molecular flexibility index (Phi) is 5.15. The lowest BCUT2D eigenvalue weighted by atomic mass is 9.61. The molecule has 3 atom stereocenters. The van der Waals surface area contributed by atoms with E-state index in [1.165, 1.54) is 75.4 Å². The molecule has 3 aliphatic carbocycles. The van der Waals surface area contributed by atoms with Gasteiger partial charge in [0, 0.05) is 5.92 Å². The fourth-order valence-electron chi connectivity index (χ4n) is 5.93. The van der Waals surface area contributed by atoms with Crippen LogP contribution in [0.25, 0.3) is 0 Å². The predicted molar refractivity (Wildman–Crippen MR) is 96.7 cm³/mol. The van der Waals surface area contributed by atoms with Crippen molar-refractivity contribution in [2.75, 3.05) is 0 Å². The molecule has 0 nitrogen and oxygen atoms in total. The standard InChI is InChI=1S/C22H36/c1-5-18-12-13-20(19-10-6-15(2)7-11-19)14-21(18)22-16(3)8-9-17(22)4/h15,18-22H,3-14H2,1-2H3. The highest BCUT2D eigenvalue weighted by molar-refractivity contribution is 5.26. The van der Waals surface area contributed by atoms with E-state index in [0.29, 0.717) is 5.92 Å². The van der Waals surface area contributed by atoms with Gasteiger partial charge in [-0.05, 0) is 74.5 Å². The van der Waals surface area contributed by atoms with Gasteiger partial charge in [-0.2, -0.15) is 0 Å². The average molecular weight is 301 g/mol. The monoisotopic (exact) mass is 300 g/mol. The fourth-order valence-corrected chi connectivity index (χ4v) is 5.93. The lowest BCUT2D eigenvalue weighted by Crippen LogP contribution is -2.34. The number of rotatable bonds is 3. The van der Waals surface area contributed by atoms with Gasteiger partial charge in [0.1, 0.15) is 0 Å². The van der Waals surface area contributed by atoms with Crippen LogP contribution in [0.3, 0.4) is 0 Å². The summed E-state index contributed by atoms with van der Waals surface area (Å²) in [5, 5.41) is 0. The minimum Gasteiger partial charge on any atom is -0.0992 e. The number of hydrogen-bond donors (Lipinski definition) is 0. The zero-order chi connectivity index (χ0) is 15.7. The molecule has 0 amide bonds. The minimum atomic E-state index is 0.662. The van der Waals surface area contributed by atoms with Gasteiger partial charge in [0.25, 0.3) is 0 Å². The van der Waals surface area contributed by atoms with E-state index in [4.69, 9.17) is 0 Å². The van der Waals surface area contributed by atoms with Crippen molar-refractivity contribution < 1.29 is 0 Å². The van der Waals surface area contributed by atoms with Crippen LogP contribution in [0.2, 0.25) is 0 Å². The Morgan fingerprint density at radius 1 is 0.864 bits per heavy atom. The Bertz CT molecular complexity index is 394. The Balaban J connectivity index is 1.70. The topological polar surface area (TPSA) is 0 Å². The highest BCUT2D eigenvalue weighted by atomic mass is 14.5. The van der Waals surface area contributed by atoms with Crippen molar-refractivity contribution in [3.05, 3.63) is 24.3 Å². The molecule has 22 heavy (non-hydrogen) atoms. The molecule has 0 heterocycles. The summed E-state index contributed by atoms with van der Waals surface area (Å²) in [6, 6.07) is 0. The van der Waals surface area contributed by atoms with Crippen LogP contribution in [0.15, 0.2) is 24.3 Å². The summed E-state index contributed by atoms with van der Waals surface area (Å²) in [5.41, 5.74) is 3.01. The quantitative estimate of drug-likeness (QED) is 0.504. The summed E-state index contributed by atoms with van der Waals surface area (Å²) in [4.78, 5) is 0. The van der Waals surface area contributed by atoms with Crippen LogP contribution in [0.5, 0.6) is 0 Å². The molecule has 0 aromatic heterocycles. The molecule has 0 bridgehead atoms. The molecular formula is C22H36. The molecule has 3 fully saturated rings. The zero-order valence-electron chi connectivity index (χ0n) is 14.9. The third-order valence-corrected chi connectivity index (χ3v) is 7.42. The zero-order valence-corrected chi connectivity index (χ0v) is 14.9. The molecule has 0 spiro atoms. The summed E-state index contributed by atoms with van der Waals surface area (Å²) < 4.78 is 0. The normalized spacial score (nSPS) is 41.1. The van der Waals surface area contributed by atoms with E-state index >= 15 is 0 Å². The molecule has 0 aliphatic heterocycles. The molecule has 3 rings (SSSR count). The second-order valence-electron chi connectivity index (χ2n) is 8.72. The predicted octanol–water partition coefficient (Wildman–Crippen LogP) is 6.78. The van der Waals surface area contributed by atoms with Gasteiger partial charge in [-0.25, -0.2) is 0 Å². The molecule has 0 heteroatoms. The molecule has 0 radical (unpaired) electrons. The van der Waals surface area contributed by atoms with E-state index in [-0.39, 0.29) is 0 Å². The first-order valence-corrected chi connectivity index (χ1v) is 9.95. The van der Waals surface area contributed by atoms with E-state index in [1.54, 1.807) is 0 Å². The summed E-state index contributed by atoms with van der Waals surface area (Å²) in [7, 11) is 0. The Morgan fingerprint density at radius 2 is 1.45 bits per heavy atom. The van der Waals surface area contributed by atoms with Crippen molar-refractivity contribution in [3.63, 3.8) is 0 Å². The lowest BCUT2D eigenvalue weighted by molar-refractivity contribution is 0.0882. The SMILES string of the molecule is C=C1CCC(=C)C1C1CC(C2CCC(C)CC2)CCC1CC. The smallest absolute Gasteiger partial charge is 0.00328 e. The van der Waals surface area contributed by atoms with Crippen LogP contribution in [-0.4, -0.2) is 0 Å². The Labute approximate surface area is 138 Å². The lowest BCUT2D eigenvalue weighted by Gasteiger charge is -2.44. The maximum absolute atomic E-state index is 4.42. The van der Waals surface area contributed by atoms with Crippen molar-refractivity contribution in [1.29, 1.82) is 0 Å². The van der Waals surface area contributed by atoms with E-state index in [0.717, 1.165) is 29.6 Å². The summed E-state index contributed by atoms with van der Waals surface area (Å²) in [5.74, 6) is 5.46. The Hall–Kier alpha value is -0.520. The van der Waals surface area contributed by atoms with Crippen LogP contribution in [-0.2, 0) is 0 Å². The molecule has 0 saturated heterocycles. The fraction of sp³-hybridized carbons (Fsp3) is 0.818. The molecule has 3 unspecified atom stereocenters. The van der Waals surface area contributed by atoms with Crippen molar-refractivity contribution in [2.45, 2.75) is 78.1 Å². The maximum atomic E-state index is 4.42. The molecule has 124 valence electrons. The van der Waals surface area contributed by atoms with Crippen molar-refractivity contribution in [1.82, 2.24) is 0 Å². The third-order valence-electron chi connectivity index (χ3n) is 7.42. The second kappa shape index (κ2) is 6.93. The van der Waals surface area contributed by atoms with Gasteiger partial charge in [0.15, 0.2) is 0 Å². The van der Waals surface area contributed by atoms with E-state index in [9.17, 15) is 0 Å². The number of allylic oxidation sites excluding steroid dienone is 2. The molecule has 3 saturated carbocycles. The van der Waals surface area contributed by atoms with Gasteiger partial charge in [0.05, 0.1) is 0 Å². The van der Waals surface area contributed by atoms with Crippen molar-refractivity contribution >= 4 is 0 Å². The Morgan fingerprint density at radius 3 is 2.05 bits per heavy atom. The molecule has 0 N–H and O–H groups in total. The maximum Gasteiger partial charge on any atom is 0.00328 e. The van der Waals surface area contributed by atoms with Crippen LogP contribution < -0.4 is 0 Å². The second-order valence-corrected chi connectivity index (χ2v) is 8.72. The highest BCUT2D eigenvalue weighted by Crippen LogP contribution is 2.51. The van der Waals surface area contributed by atoms with Crippen molar-refractivity contribution in [2.24, 2.45) is 35.5 Å². The first kappa shape index (κ1) is 16.3. The molecule has 0 aromatic carbocycles. The van der Waals surface area contributed by atoms with Gasteiger partial charge >= 0.3 is 0 Å². The van der Waals surface area contributed by atoms with E-state index in [2.05, 4.69) is 27.0 Å². The highest BCUT2D eigenvalue weighted by Gasteiger charge is 2.41. The molecule has 3 aliphatic rings.